The third-order valence-electron chi connectivity index (χ3n) is 6.86. The van der Waals surface area contributed by atoms with Gasteiger partial charge in [-0.25, -0.2) is 14.4 Å². The molecule has 1 atom stereocenters. The number of nitrogens with zero attached hydrogens (tertiary/aromatic N) is 5. The van der Waals surface area contributed by atoms with Gasteiger partial charge in [0.2, 0.25) is 11.9 Å². The van der Waals surface area contributed by atoms with Gasteiger partial charge in [-0.2, -0.15) is 4.98 Å². The number of benzene rings is 2. The summed E-state index contributed by atoms with van der Waals surface area (Å²) in [6.07, 6.45) is 8.12. The molecule has 0 bridgehead atoms. The molecule has 1 aliphatic rings. The van der Waals surface area contributed by atoms with Crippen molar-refractivity contribution >= 4 is 17.7 Å². The van der Waals surface area contributed by atoms with Gasteiger partial charge in [-0.05, 0) is 55.2 Å². The second-order valence-corrected chi connectivity index (χ2v) is 9.45. The molecule has 0 saturated carbocycles. The lowest BCUT2D eigenvalue weighted by atomic mass is 10.0. The summed E-state index contributed by atoms with van der Waals surface area (Å²) in [5, 5.41) is 3.43. The highest BCUT2D eigenvalue weighted by molar-refractivity contribution is 5.80. The quantitative estimate of drug-likeness (QED) is 0.323. The molecule has 1 aliphatic heterocycles. The van der Waals surface area contributed by atoms with Gasteiger partial charge in [0.1, 0.15) is 23.5 Å². The molecule has 6 rings (SSSR count). The van der Waals surface area contributed by atoms with E-state index in [0.29, 0.717) is 36.1 Å². The fourth-order valence-electron chi connectivity index (χ4n) is 4.96. The number of aryl methyl sites for hydroxylation is 1. The number of oxazole rings is 1. The summed E-state index contributed by atoms with van der Waals surface area (Å²) in [5.74, 6) is 0.756. The summed E-state index contributed by atoms with van der Waals surface area (Å²) in [7, 11) is 0. The van der Waals surface area contributed by atoms with Crippen LogP contribution in [0.4, 0.5) is 10.3 Å². The van der Waals surface area contributed by atoms with E-state index in [1.54, 1.807) is 30.8 Å². The summed E-state index contributed by atoms with van der Waals surface area (Å²) < 4.78 is 20.9. The Labute approximate surface area is 219 Å². The van der Waals surface area contributed by atoms with E-state index in [1.807, 2.05) is 33.6 Å². The van der Waals surface area contributed by atoms with Crippen molar-refractivity contribution in [1.29, 1.82) is 0 Å². The molecule has 5 aromatic rings. The Morgan fingerprint density at radius 2 is 1.92 bits per heavy atom. The lowest BCUT2D eigenvalue weighted by Crippen LogP contribution is -2.45. The number of halogens is 1. The number of aromatic nitrogens is 4. The van der Waals surface area contributed by atoms with E-state index in [4.69, 9.17) is 9.40 Å². The number of anilines is 1. The van der Waals surface area contributed by atoms with Gasteiger partial charge in [0.15, 0.2) is 0 Å². The van der Waals surface area contributed by atoms with E-state index in [2.05, 4.69) is 27.4 Å². The van der Waals surface area contributed by atoms with Crippen molar-refractivity contribution in [3.8, 4) is 22.6 Å². The molecule has 192 valence electrons. The third-order valence-corrected chi connectivity index (χ3v) is 6.86. The smallest absolute Gasteiger partial charge is 0.306 e. The van der Waals surface area contributed by atoms with Crippen molar-refractivity contribution in [3.63, 3.8) is 0 Å². The molecule has 1 N–H and O–H groups in total. The minimum absolute atomic E-state index is 0.0515. The molecule has 4 heterocycles. The number of carbonyl (C=O) groups excluding carboxylic acids is 1. The van der Waals surface area contributed by atoms with Crippen LogP contribution in [0.25, 0.3) is 28.5 Å². The normalized spacial score (nSPS) is 15.6. The lowest BCUT2D eigenvalue weighted by Gasteiger charge is -2.33. The molecule has 1 saturated heterocycles. The molecule has 9 heteroatoms. The standard InChI is InChI=1S/C29H27FN6O2/c30-22-11-9-21(10-12-22)26-27(36-17-18-38-29(36)34-26)24-14-15-31-28(33-24)32-23-7-4-16-35(19-23)25(37)13-8-20-5-2-1-3-6-20/h1-3,5-6,9-12,14-15,17-18,23H,4,7-8,13,16,19H2,(H,31,32,33)/t23-/m1/s1. The van der Waals surface area contributed by atoms with E-state index in [9.17, 15) is 9.18 Å². The number of nitrogens with one attached hydrogen (secondary N) is 1. The second kappa shape index (κ2) is 10.5. The van der Waals surface area contributed by atoms with Gasteiger partial charge in [0, 0.05) is 43.5 Å². The number of piperidine rings is 1. The molecular formula is C29H27FN6O2. The van der Waals surface area contributed by atoms with Gasteiger partial charge in [-0.3, -0.25) is 9.20 Å². The zero-order valence-electron chi connectivity index (χ0n) is 20.8. The first kappa shape index (κ1) is 23.8. The Morgan fingerprint density at radius 3 is 2.76 bits per heavy atom. The van der Waals surface area contributed by atoms with Crippen LogP contribution in [0, 0.1) is 5.82 Å². The monoisotopic (exact) mass is 510 g/mol. The van der Waals surface area contributed by atoms with E-state index < -0.39 is 0 Å². The van der Waals surface area contributed by atoms with Crippen LogP contribution in [0.3, 0.4) is 0 Å². The Morgan fingerprint density at radius 1 is 1.08 bits per heavy atom. The van der Waals surface area contributed by atoms with E-state index in [1.165, 1.54) is 17.7 Å². The van der Waals surface area contributed by atoms with Crippen LogP contribution in [0.15, 0.2) is 83.7 Å². The van der Waals surface area contributed by atoms with Gasteiger partial charge >= 0.3 is 5.84 Å². The molecule has 0 unspecified atom stereocenters. The van der Waals surface area contributed by atoms with Crippen molar-refractivity contribution in [3.05, 3.63) is 90.7 Å². The van der Waals surface area contributed by atoms with Crippen molar-refractivity contribution in [2.24, 2.45) is 0 Å². The van der Waals surface area contributed by atoms with E-state index in [-0.39, 0.29) is 17.8 Å². The molecule has 38 heavy (non-hydrogen) atoms. The predicted molar refractivity (Wildman–Crippen MR) is 142 cm³/mol. The van der Waals surface area contributed by atoms with Crippen molar-refractivity contribution in [2.75, 3.05) is 18.4 Å². The van der Waals surface area contributed by atoms with Gasteiger partial charge in [-0.15, -0.1) is 0 Å². The first-order valence-corrected chi connectivity index (χ1v) is 12.8. The third kappa shape index (κ3) is 5.00. The Kier molecular flexibility index (Phi) is 6.56. The minimum atomic E-state index is -0.313. The van der Waals surface area contributed by atoms with Gasteiger partial charge in [-0.1, -0.05) is 30.3 Å². The van der Waals surface area contributed by atoms with Crippen LogP contribution in [0.2, 0.25) is 0 Å². The fraction of sp³-hybridized carbons (Fsp3) is 0.241. The highest BCUT2D eigenvalue weighted by Crippen LogP contribution is 2.32. The summed E-state index contributed by atoms with van der Waals surface area (Å²) in [4.78, 5) is 28.7. The number of rotatable bonds is 7. The molecule has 2 aromatic carbocycles. The van der Waals surface area contributed by atoms with Crippen molar-refractivity contribution < 1.29 is 13.6 Å². The zero-order valence-corrected chi connectivity index (χ0v) is 20.8. The van der Waals surface area contributed by atoms with Crippen LogP contribution >= 0.6 is 0 Å². The second-order valence-electron chi connectivity index (χ2n) is 9.45. The zero-order chi connectivity index (χ0) is 25.9. The molecule has 3 aromatic heterocycles. The van der Waals surface area contributed by atoms with Crippen molar-refractivity contribution in [2.45, 2.75) is 31.7 Å². The maximum absolute atomic E-state index is 13.5. The lowest BCUT2D eigenvalue weighted by molar-refractivity contribution is -0.132. The molecule has 1 amide bonds. The summed E-state index contributed by atoms with van der Waals surface area (Å²) in [6, 6.07) is 18.1. The largest absolute Gasteiger partial charge is 0.432 e. The molecule has 8 nitrogen and oxygen atoms in total. The van der Waals surface area contributed by atoms with Crippen molar-refractivity contribution in [1.82, 2.24) is 24.3 Å². The molecule has 0 aliphatic carbocycles. The Balaban J connectivity index is 1.19. The SMILES string of the molecule is O=C(CCc1ccccc1)N1CCC[C@@H](Nc2nccc(-c3c(-c4ccc(F)cc4)nc4occn34)n2)C1. The number of fused-ring (bicyclic) bond motifs is 1. The maximum atomic E-state index is 13.5. The average Bonchev–Trinajstić information content (AvgIpc) is 3.55. The molecule has 0 radical (unpaired) electrons. The van der Waals surface area contributed by atoms with E-state index >= 15 is 0 Å². The van der Waals surface area contributed by atoms with Gasteiger partial charge in [0.25, 0.3) is 0 Å². The first-order valence-electron chi connectivity index (χ1n) is 12.8. The number of hydrogen-bond donors (Lipinski definition) is 1. The molecule has 1 fully saturated rings. The Bertz CT molecular complexity index is 1550. The highest BCUT2D eigenvalue weighted by atomic mass is 19.1. The molecular weight excluding hydrogens is 483 g/mol. The first-order chi connectivity index (χ1) is 18.6. The van der Waals surface area contributed by atoms with Crippen LogP contribution in [-0.4, -0.2) is 49.3 Å². The average molecular weight is 511 g/mol. The minimum Gasteiger partial charge on any atom is -0.432 e. The van der Waals surface area contributed by atoms with Crippen LogP contribution < -0.4 is 5.32 Å². The number of hydrogen-bond acceptors (Lipinski definition) is 6. The number of carbonyl (C=O) groups is 1. The Hall–Kier alpha value is -4.53. The fourth-order valence-corrected chi connectivity index (χ4v) is 4.96. The molecule has 0 spiro atoms. The predicted octanol–water partition coefficient (Wildman–Crippen LogP) is 5.23. The number of likely N-dealkylation sites (tertiary alicyclic amines) is 1. The highest BCUT2D eigenvalue weighted by Gasteiger charge is 2.25. The summed E-state index contributed by atoms with van der Waals surface area (Å²) in [5.41, 5.74) is 3.95. The van der Waals surface area contributed by atoms with Gasteiger partial charge in [0.05, 0.1) is 5.69 Å². The number of imidazole rings is 1. The van der Waals surface area contributed by atoms with Crippen LogP contribution in [0.1, 0.15) is 24.8 Å². The van der Waals surface area contributed by atoms with Gasteiger partial charge < -0.3 is 14.6 Å². The number of amides is 1. The summed E-state index contributed by atoms with van der Waals surface area (Å²) >= 11 is 0. The van der Waals surface area contributed by atoms with Crippen LogP contribution in [0.5, 0.6) is 0 Å². The summed E-state index contributed by atoms with van der Waals surface area (Å²) in [6.45, 7) is 1.38. The maximum Gasteiger partial charge on any atom is 0.306 e. The van der Waals surface area contributed by atoms with Crippen LogP contribution in [-0.2, 0) is 11.2 Å². The topological polar surface area (TPSA) is 88.6 Å². The van der Waals surface area contributed by atoms with E-state index in [0.717, 1.165) is 37.1 Å².